The van der Waals surface area contributed by atoms with Gasteiger partial charge in [0.2, 0.25) is 5.88 Å². The van der Waals surface area contributed by atoms with Gasteiger partial charge in [-0.05, 0) is 25.5 Å². The highest BCUT2D eigenvalue weighted by molar-refractivity contribution is 6.29. The second-order valence-corrected chi connectivity index (χ2v) is 3.08. The summed E-state index contributed by atoms with van der Waals surface area (Å²) in [7, 11) is 1.59. The lowest BCUT2D eigenvalue weighted by atomic mass is 10.1. The van der Waals surface area contributed by atoms with Crippen molar-refractivity contribution in [2.75, 3.05) is 13.7 Å². The maximum Gasteiger partial charge on any atom is 0.217 e. The van der Waals surface area contributed by atoms with Crippen molar-refractivity contribution in [1.29, 1.82) is 0 Å². The van der Waals surface area contributed by atoms with Crippen LogP contribution < -0.4 is 10.5 Å². The lowest BCUT2D eigenvalue weighted by molar-refractivity contribution is 0.392. The van der Waals surface area contributed by atoms with Crippen LogP contribution in [0.4, 0.5) is 0 Å². The zero-order chi connectivity index (χ0) is 9.68. The van der Waals surface area contributed by atoms with Gasteiger partial charge in [-0.3, -0.25) is 0 Å². The van der Waals surface area contributed by atoms with Gasteiger partial charge in [0.25, 0.3) is 0 Å². The maximum absolute atomic E-state index is 5.71. The van der Waals surface area contributed by atoms with Crippen molar-refractivity contribution in [3.05, 3.63) is 22.8 Å². The summed E-state index contributed by atoms with van der Waals surface area (Å²) in [4.78, 5) is 4.05. The molecule has 0 fully saturated rings. The normalized spacial score (nSPS) is 10.1. The van der Waals surface area contributed by atoms with Crippen LogP contribution >= 0.6 is 11.6 Å². The van der Waals surface area contributed by atoms with Crippen molar-refractivity contribution < 1.29 is 4.74 Å². The highest BCUT2D eigenvalue weighted by atomic mass is 35.5. The largest absolute Gasteiger partial charge is 0.481 e. The Kier molecular flexibility index (Phi) is 3.99. The summed E-state index contributed by atoms with van der Waals surface area (Å²) in [6.45, 7) is 0.672. The fourth-order valence-electron chi connectivity index (χ4n) is 1.11. The Labute approximate surface area is 82.9 Å². The molecule has 1 aromatic rings. The molecular formula is C9H13ClN2O. The van der Waals surface area contributed by atoms with E-state index in [0.717, 1.165) is 18.4 Å². The number of aryl methyl sites for hydroxylation is 1. The van der Waals surface area contributed by atoms with Gasteiger partial charge in [0.05, 0.1) is 7.11 Å². The lowest BCUT2D eigenvalue weighted by Crippen LogP contribution is -2.02. The van der Waals surface area contributed by atoms with Crippen LogP contribution in [0.3, 0.4) is 0 Å². The van der Waals surface area contributed by atoms with Crippen molar-refractivity contribution >= 4 is 11.6 Å². The smallest absolute Gasteiger partial charge is 0.217 e. The molecule has 0 atom stereocenters. The molecule has 1 aromatic heterocycles. The highest BCUT2D eigenvalue weighted by Crippen LogP contribution is 2.19. The number of ether oxygens (including phenoxy) is 1. The van der Waals surface area contributed by atoms with E-state index in [1.807, 2.05) is 6.07 Å². The first-order chi connectivity index (χ1) is 6.27. The third-order valence-corrected chi connectivity index (χ3v) is 1.96. The van der Waals surface area contributed by atoms with Gasteiger partial charge in [0.15, 0.2) is 0 Å². The fourth-order valence-corrected chi connectivity index (χ4v) is 1.25. The van der Waals surface area contributed by atoms with E-state index in [9.17, 15) is 0 Å². The van der Waals surface area contributed by atoms with Gasteiger partial charge < -0.3 is 10.5 Å². The average Bonchev–Trinajstić information content (AvgIpc) is 2.16. The van der Waals surface area contributed by atoms with Crippen LogP contribution in [-0.4, -0.2) is 18.6 Å². The molecule has 0 saturated carbocycles. The first-order valence-electron chi connectivity index (χ1n) is 4.17. The molecular weight excluding hydrogens is 188 g/mol. The topological polar surface area (TPSA) is 48.1 Å². The molecule has 0 aliphatic heterocycles. The van der Waals surface area contributed by atoms with Gasteiger partial charge in [0.1, 0.15) is 5.15 Å². The summed E-state index contributed by atoms with van der Waals surface area (Å²) in [5.74, 6) is 0.598. The van der Waals surface area contributed by atoms with Gasteiger partial charge in [-0.15, -0.1) is 0 Å². The van der Waals surface area contributed by atoms with E-state index in [2.05, 4.69) is 4.98 Å². The quantitative estimate of drug-likeness (QED) is 0.752. The number of rotatable bonds is 4. The molecule has 0 aromatic carbocycles. The van der Waals surface area contributed by atoms with E-state index in [-0.39, 0.29) is 0 Å². The summed E-state index contributed by atoms with van der Waals surface area (Å²) < 4.78 is 5.09. The number of nitrogens with two attached hydrogens (primary N) is 1. The minimum atomic E-state index is 0.452. The molecule has 0 unspecified atom stereocenters. The van der Waals surface area contributed by atoms with Crippen LogP contribution in [0.1, 0.15) is 12.0 Å². The molecule has 0 aliphatic rings. The van der Waals surface area contributed by atoms with E-state index < -0.39 is 0 Å². The fraction of sp³-hybridized carbons (Fsp3) is 0.444. The van der Waals surface area contributed by atoms with Crippen molar-refractivity contribution in [2.24, 2.45) is 5.73 Å². The number of halogens is 1. The molecule has 3 nitrogen and oxygen atoms in total. The molecule has 1 rings (SSSR count). The Bertz CT molecular complexity index is 278. The van der Waals surface area contributed by atoms with Crippen LogP contribution in [-0.2, 0) is 6.42 Å². The Morgan fingerprint density at radius 1 is 1.54 bits per heavy atom. The highest BCUT2D eigenvalue weighted by Gasteiger charge is 2.04. The molecule has 0 radical (unpaired) electrons. The van der Waals surface area contributed by atoms with Gasteiger partial charge in [-0.25, -0.2) is 4.98 Å². The number of hydrogen-bond donors (Lipinski definition) is 1. The van der Waals surface area contributed by atoms with Gasteiger partial charge >= 0.3 is 0 Å². The Balaban J connectivity index is 2.79. The molecule has 4 heteroatoms. The van der Waals surface area contributed by atoms with Crippen molar-refractivity contribution in [3.63, 3.8) is 0 Å². The summed E-state index contributed by atoms with van der Waals surface area (Å²) in [6.07, 6.45) is 1.81. The number of methoxy groups -OCH3 is 1. The molecule has 0 bridgehead atoms. The second-order valence-electron chi connectivity index (χ2n) is 2.69. The third-order valence-electron chi connectivity index (χ3n) is 1.75. The minimum Gasteiger partial charge on any atom is -0.481 e. The molecule has 13 heavy (non-hydrogen) atoms. The summed E-state index contributed by atoms with van der Waals surface area (Å²) in [5.41, 5.74) is 6.46. The predicted molar refractivity (Wildman–Crippen MR) is 53.2 cm³/mol. The summed E-state index contributed by atoms with van der Waals surface area (Å²) in [5, 5.41) is 0.452. The molecule has 0 aliphatic carbocycles. The number of nitrogens with zero attached hydrogens (tertiary/aromatic N) is 1. The number of pyridine rings is 1. The summed E-state index contributed by atoms with van der Waals surface area (Å²) >= 11 is 5.71. The number of hydrogen-bond acceptors (Lipinski definition) is 3. The van der Waals surface area contributed by atoms with Gasteiger partial charge in [-0.2, -0.15) is 0 Å². The van der Waals surface area contributed by atoms with E-state index in [1.165, 1.54) is 0 Å². The first kappa shape index (κ1) is 10.3. The van der Waals surface area contributed by atoms with Crippen LogP contribution in [0.15, 0.2) is 12.1 Å². The van der Waals surface area contributed by atoms with Gasteiger partial charge in [-0.1, -0.05) is 17.7 Å². The summed E-state index contributed by atoms with van der Waals surface area (Å²) in [6, 6.07) is 3.68. The van der Waals surface area contributed by atoms with Crippen LogP contribution in [0.5, 0.6) is 5.88 Å². The van der Waals surface area contributed by atoms with E-state index in [1.54, 1.807) is 13.2 Å². The maximum atomic E-state index is 5.71. The standard InChI is InChI=1S/C9H13ClN2O/c1-13-9-7(3-2-6-11)4-5-8(10)12-9/h4-5H,2-3,6,11H2,1H3. The number of aromatic nitrogens is 1. The van der Waals surface area contributed by atoms with Crippen LogP contribution in [0, 0.1) is 0 Å². The monoisotopic (exact) mass is 200 g/mol. The van der Waals surface area contributed by atoms with E-state index in [0.29, 0.717) is 17.6 Å². The SMILES string of the molecule is COc1nc(Cl)ccc1CCCN. The van der Waals surface area contributed by atoms with Crippen LogP contribution in [0.25, 0.3) is 0 Å². The molecule has 0 spiro atoms. The molecule has 0 amide bonds. The zero-order valence-electron chi connectivity index (χ0n) is 7.59. The Hall–Kier alpha value is -0.800. The Morgan fingerprint density at radius 2 is 2.31 bits per heavy atom. The van der Waals surface area contributed by atoms with Crippen molar-refractivity contribution in [2.45, 2.75) is 12.8 Å². The van der Waals surface area contributed by atoms with Crippen molar-refractivity contribution in [1.82, 2.24) is 4.98 Å². The van der Waals surface area contributed by atoms with E-state index in [4.69, 9.17) is 22.1 Å². The van der Waals surface area contributed by atoms with Gasteiger partial charge in [0, 0.05) is 5.56 Å². The van der Waals surface area contributed by atoms with E-state index >= 15 is 0 Å². The van der Waals surface area contributed by atoms with Crippen LogP contribution in [0.2, 0.25) is 5.15 Å². The third kappa shape index (κ3) is 2.86. The first-order valence-corrected chi connectivity index (χ1v) is 4.55. The lowest BCUT2D eigenvalue weighted by Gasteiger charge is -2.06. The molecule has 72 valence electrons. The molecule has 1 heterocycles. The molecule has 0 saturated heterocycles. The van der Waals surface area contributed by atoms with Crippen molar-refractivity contribution in [3.8, 4) is 5.88 Å². The minimum absolute atomic E-state index is 0.452. The molecule has 2 N–H and O–H groups in total. The predicted octanol–water partition coefficient (Wildman–Crippen LogP) is 1.63. The average molecular weight is 201 g/mol. The zero-order valence-corrected chi connectivity index (χ0v) is 8.34. The second kappa shape index (κ2) is 5.04. The Morgan fingerprint density at radius 3 is 2.92 bits per heavy atom.